The smallest absolute Gasteiger partial charge is 0.234 e. The number of hydrogen-bond donors (Lipinski definition) is 1. The van der Waals surface area contributed by atoms with E-state index in [1.165, 1.54) is 49.4 Å². The number of anilines is 1. The summed E-state index contributed by atoms with van der Waals surface area (Å²) in [7, 11) is 0. The number of nitrogens with zero attached hydrogens (tertiary/aromatic N) is 2. The van der Waals surface area contributed by atoms with Crippen LogP contribution in [-0.2, 0) is 4.79 Å². The number of carbonyl (C=O) groups excluding carboxylic acids is 1. The molecular weight excluding hydrogens is 330 g/mol. The van der Waals surface area contributed by atoms with Crippen LogP contribution in [0.15, 0.2) is 29.7 Å². The molecule has 1 heterocycles. The minimum absolute atomic E-state index is 0.0262. The third-order valence-electron chi connectivity index (χ3n) is 4.88. The van der Waals surface area contributed by atoms with Gasteiger partial charge in [0.2, 0.25) is 5.91 Å². The number of aromatic nitrogens is 2. The SMILES string of the molecule is Cc1cc(C)c(NC(=O)CSc2nccn2C2CCCCC2)c(C)c1. The molecule has 0 aliphatic heterocycles. The van der Waals surface area contributed by atoms with Crippen LogP contribution in [0.2, 0.25) is 0 Å². The highest BCUT2D eigenvalue weighted by atomic mass is 32.2. The summed E-state index contributed by atoms with van der Waals surface area (Å²) in [6.45, 7) is 6.16. The van der Waals surface area contributed by atoms with E-state index in [0.717, 1.165) is 22.0 Å². The Morgan fingerprint density at radius 3 is 2.56 bits per heavy atom. The van der Waals surface area contributed by atoms with Gasteiger partial charge in [-0.25, -0.2) is 4.98 Å². The molecule has 1 aromatic carbocycles. The summed E-state index contributed by atoms with van der Waals surface area (Å²) in [5.74, 6) is 0.412. The summed E-state index contributed by atoms with van der Waals surface area (Å²) in [5, 5.41) is 4.03. The first kappa shape index (κ1) is 18.1. The Bertz CT molecular complexity index is 724. The van der Waals surface area contributed by atoms with Crippen molar-refractivity contribution in [3.8, 4) is 0 Å². The minimum atomic E-state index is 0.0262. The standard InChI is InChI=1S/C20H27N3OS/c1-14-11-15(2)19(16(3)12-14)22-18(24)13-25-20-21-9-10-23(20)17-7-5-4-6-8-17/h9-12,17H,4-8,13H2,1-3H3,(H,22,24). The van der Waals surface area contributed by atoms with Crippen molar-refractivity contribution in [1.82, 2.24) is 9.55 Å². The van der Waals surface area contributed by atoms with Crippen molar-refractivity contribution in [3.05, 3.63) is 41.2 Å². The molecule has 0 unspecified atom stereocenters. The van der Waals surface area contributed by atoms with Crippen molar-refractivity contribution in [2.45, 2.75) is 64.1 Å². The quantitative estimate of drug-likeness (QED) is 0.762. The lowest BCUT2D eigenvalue weighted by molar-refractivity contribution is -0.113. The summed E-state index contributed by atoms with van der Waals surface area (Å²) in [6.07, 6.45) is 10.3. The topological polar surface area (TPSA) is 46.9 Å². The fraction of sp³-hybridized carbons (Fsp3) is 0.500. The third-order valence-corrected chi connectivity index (χ3v) is 5.86. The molecule has 3 rings (SSSR count). The van der Waals surface area contributed by atoms with Gasteiger partial charge in [0.1, 0.15) is 0 Å². The number of amides is 1. The second kappa shape index (κ2) is 8.09. The summed E-state index contributed by atoms with van der Waals surface area (Å²) < 4.78 is 2.26. The molecule has 1 amide bonds. The van der Waals surface area contributed by atoms with Crippen LogP contribution in [0.5, 0.6) is 0 Å². The van der Waals surface area contributed by atoms with Crippen LogP contribution in [-0.4, -0.2) is 21.2 Å². The summed E-state index contributed by atoms with van der Waals surface area (Å²) in [4.78, 5) is 16.9. The number of benzene rings is 1. The first-order valence-corrected chi connectivity index (χ1v) is 10.1. The van der Waals surface area contributed by atoms with Crippen LogP contribution in [0, 0.1) is 20.8 Å². The fourth-order valence-corrected chi connectivity index (χ4v) is 4.56. The second-order valence-electron chi connectivity index (χ2n) is 7.02. The van der Waals surface area contributed by atoms with Crippen molar-refractivity contribution in [1.29, 1.82) is 0 Å². The molecule has 2 aromatic rings. The predicted molar refractivity (Wildman–Crippen MR) is 104 cm³/mol. The number of rotatable bonds is 5. The molecule has 0 bridgehead atoms. The maximum absolute atomic E-state index is 12.4. The Hall–Kier alpha value is -1.75. The van der Waals surface area contributed by atoms with E-state index in [1.54, 1.807) is 0 Å². The number of carbonyl (C=O) groups is 1. The van der Waals surface area contributed by atoms with E-state index < -0.39 is 0 Å². The molecule has 1 saturated carbocycles. The van der Waals surface area contributed by atoms with Crippen LogP contribution < -0.4 is 5.32 Å². The predicted octanol–water partition coefficient (Wildman–Crippen LogP) is 5.04. The monoisotopic (exact) mass is 357 g/mol. The van der Waals surface area contributed by atoms with Gasteiger partial charge in [0, 0.05) is 24.1 Å². The molecular formula is C20H27N3OS. The molecule has 0 radical (unpaired) electrons. The molecule has 5 heteroatoms. The average molecular weight is 358 g/mol. The highest BCUT2D eigenvalue weighted by molar-refractivity contribution is 7.99. The van der Waals surface area contributed by atoms with Crippen molar-refractivity contribution < 1.29 is 4.79 Å². The van der Waals surface area contributed by atoms with Crippen LogP contribution >= 0.6 is 11.8 Å². The zero-order valence-electron chi connectivity index (χ0n) is 15.3. The molecule has 1 aromatic heterocycles. The summed E-state index contributed by atoms with van der Waals surface area (Å²) >= 11 is 1.53. The lowest BCUT2D eigenvalue weighted by atomic mass is 9.95. The Morgan fingerprint density at radius 2 is 1.88 bits per heavy atom. The molecule has 25 heavy (non-hydrogen) atoms. The van der Waals surface area contributed by atoms with Crippen molar-refractivity contribution in [2.24, 2.45) is 0 Å². The largest absolute Gasteiger partial charge is 0.325 e. The minimum Gasteiger partial charge on any atom is -0.325 e. The Kier molecular flexibility index (Phi) is 5.84. The van der Waals surface area contributed by atoms with E-state index in [4.69, 9.17) is 0 Å². The van der Waals surface area contributed by atoms with Crippen LogP contribution in [0.1, 0.15) is 54.8 Å². The van der Waals surface area contributed by atoms with Gasteiger partial charge in [0.25, 0.3) is 0 Å². The first-order valence-electron chi connectivity index (χ1n) is 9.08. The number of aryl methyl sites for hydroxylation is 3. The van der Waals surface area contributed by atoms with Gasteiger partial charge in [-0.2, -0.15) is 0 Å². The van der Waals surface area contributed by atoms with Gasteiger partial charge in [-0.15, -0.1) is 0 Å². The molecule has 1 aliphatic carbocycles. The number of thioether (sulfide) groups is 1. The third kappa shape index (κ3) is 4.46. The van der Waals surface area contributed by atoms with Gasteiger partial charge in [-0.05, 0) is 44.7 Å². The highest BCUT2D eigenvalue weighted by Crippen LogP contribution is 2.31. The van der Waals surface area contributed by atoms with Crippen molar-refractivity contribution >= 4 is 23.4 Å². The second-order valence-corrected chi connectivity index (χ2v) is 7.96. The maximum atomic E-state index is 12.4. The van der Waals surface area contributed by atoms with Crippen LogP contribution in [0.3, 0.4) is 0 Å². The Balaban J connectivity index is 1.61. The lowest BCUT2D eigenvalue weighted by Gasteiger charge is -2.24. The Labute approximate surface area is 154 Å². The van der Waals surface area contributed by atoms with Crippen LogP contribution in [0.4, 0.5) is 5.69 Å². The van der Waals surface area contributed by atoms with Crippen LogP contribution in [0.25, 0.3) is 0 Å². The van der Waals surface area contributed by atoms with Crippen molar-refractivity contribution in [2.75, 3.05) is 11.1 Å². The highest BCUT2D eigenvalue weighted by Gasteiger charge is 2.18. The van der Waals surface area contributed by atoms with Gasteiger partial charge in [0.15, 0.2) is 5.16 Å². The molecule has 1 aliphatic rings. The molecule has 1 fully saturated rings. The number of imidazole rings is 1. The van der Waals surface area contributed by atoms with Crippen molar-refractivity contribution in [3.63, 3.8) is 0 Å². The van der Waals surface area contributed by atoms with E-state index in [-0.39, 0.29) is 5.91 Å². The molecule has 0 spiro atoms. The Morgan fingerprint density at radius 1 is 1.20 bits per heavy atom. The molecule has 0 atom stereocenters. The summed E-state index contributed by atoms with van der Waals surface area (Å²) in [6, 6.07) is 4.75. The van der Waals surface area contributed by atoms with E-state index in [9.17, 15) is 4.79 Å². The van der Waals surface area contributed by atoms with Gasteiger partial charge in [-0.1, -0.05) is 48.7 Å². The van der Waals surface area contributed by atoms with Gasteiger partial charge >= 0.3 is 0 Å². The summed E-state index contributed by atoms with van der Waals surface area (Å²) in [5.41, 5.74) is 4.38. The van der Waals surface area contributed by atoms with Gasteiger partial charge in [-0.3, -0.25) is 4.79 Å². The zero-order valence-corrected chi connectivity index (χ0v) is 16.2. The lowest BCUT2D eigenvalue weighted by Crippen LogP contribution is -2.17. The number of hydrogen-bond acceptors (Lipinski definition) is 3. The zero-order chi connectivity index (χ0) is 17.8. The number of nitrogens with one attached hydrogen (secondary N) is 1. The molecule has 134 valence electrons. The average Bonchev–Trinajstić information content (AvgIpc) is 3.05. The van der Waals surface area contributed by atoms with E-state index >= 15 is 0 Å². The van der Waals surface area contributed by atoms with E-state index in [0.29, 0.717) is 11.8 Å². The van der Waals surface area contributed by atoms with E-state index in [1.807, 2.05) is 20.0 Å². The van der Waals surface area contributed by atoms with E-state index in [2.05, 4.69) is 40.1 Å². The molecule has 1 N–H and O–H groups in total. The molecule has 4 nitrogen and oxygen atoms in total. The normalized spacial score (nSPS) is 15.3. The van der Waals surface area contributed by atoms with Gasteiger partial charge < -0.3 is 9.88 Å². The first-order chi connectivity index (χ1) is 12.0. The molecule has 0 saturated heterocycles. The fourth-order valence-electron chi connectivity index (χ4n) is 3.73. The maximum Gasteiger partial charge on any atom is 0.234 e. The van der Waals surface area contributed by atoms with Gasteiger partial charge in [0.05, 0.1) is 5.75 Å².